The number of carbonyl (C=O) groups excluding carboxylic acids is 1. The van der Waals surface area contributed by atoms with E-state index in [9.17, 15) is 26.4 Å². The van der Waals surface area contributed by atoms with Gasteiger partial charge < -0.3 is 15.5 Å². The Morgan fingerprint density at radius 3 is 2.29 bits per heavy atom. The van der Waals surface area contributed by atoms with E-state index in [0.29, 0.717) is 0 Å². The number of hydrogen-bond acceptors (Lipinski definition) is 6. The highest BCUT2D eigenvalue weighted by Gasteiger charge is 2.24. The van der Waals surface area contributed by atoms with E-state index in [1.807, 2.05) is 0 Å². The molecule has 0 bridgehead atoms. The van der Waals surface area contributed by atoms with Gasteiger partial charge in [-0.1, -0.05) is 6.07 Å². The Morgan fingerprint density at radius 1 is 1.11 bits per heavy atom. The summed E-state index contributed by atoms with van der Waals surface area (Å²) in [5.41, 5.74) is 3.76. The number of amides is 1. The van der Waals surface area contributed by atoms with Crippen molar-refractivity contribution in [2.75, 3.05) is 11.6 Å². The first-order valence-corrected chi connectivity index (χ1v) is 9.48. The fourth-order valence-electron chi connectivity index (χ4n) is 2.33. The summed E-state index contributed by atoms with van der Waals surface area (Å²) in [6.07, 6.45) is 0.908. The number of benzene rings is 2. The molecule has 2 aromatic carbocycles. The highest BCUT2D eigenvalue weighted by Crippen LogP contribution is 2.32. The number of carbonyl (C=O) groups is 1. The topological polar surface area (TPSA) is 115 Å². The Labute approximate surface area is 156 Å². The summed E-state index contributed by atoms with van der Waals surface area (Å²) < 4.78 is 70.2. The standard InChI is InChI=1S/C17H12F3N3O4S/c1-28(25,26)8-5-6-12(11(20)7-8)22-17-14(15(21)24)23-16(27-17)13-9(18)3-2-4-10(13)19/h2-7,22H,1H3,(H2,21,24). The van der Waals surface area contributed by atoms with Gasteiger partial charge in [-0.3, -0.25) is 4.79 Å². The second-order valence-electron chi connectivity index (χ2n) is 5.70. The number of rotatable bonds is 5. The number of anilines is 2. The first-order valence-electron chi connectivity index (χ1n) is 7.59. The van der Waals surface area contributed by atoms with Gasteiger partial charge in [-0.15, -0.1) is 0 Å². The normalized spacial score (nSPS) is 11.4. The van der Waals surface area contributed by atoms with Gasteiger partial charge in [0, 0.05) is 6.26 Å². The molecule has 3 N–H and O–H groups in total. The number of nitrogens with two attached hydrogens (primary N) is 1. The molecule has 0 spiro atoms. The van der Waals surface area contributed by atoms with Crippen molar-refractivity contribution in [1.82, 2.24) is 4.98 Å². The Kier molecular flexibility index (Phi) is 4.86. The molecule has 1 heterocycles. The van der Waals surface area contributed by atoms with Crippen LogP contribution in [0, 0.1) is 17.5 Å². The molecule has 3 aromatic rings. The molecule has 0 aliphatic rings. The summed E-state index contributed by atoms with van der Waals surface area (Å²) in [4.78, 5) is 15.0. The maximum Gasteiger partial charge on any atom is 0.273 e. The zero-order chi connectivity index (χ0) is 20.6. The average molecular weight is 411 g/mol. The fourth-order valence-corrected chi connectivity index (χ4v) is 2.96. The van der Waals surface area contributed by atoms with E-state index in [0.717, 1.165) is 42.7 Å². The number of nitrogens with zero attached hydrogens (tertiary/aromatic N) is 1. The summed E-state index contributed by atoms with van der Waals surface area (Å²) in [5, 5.41) is 2.39. The van der Waals surface area contributed by atoms with E-state index in [-0.39, 0.29) is 10.6 Å². The van der Waals surface area contributed by atoms with Crippen molar-refractivity contribution in [3.8, 4) is 11.5 Å². The van der Waals surface area contributed by atoms with Crippen molar-refractivity contribution < 1.29 is 30.8 Å². The molecule has 28 heavy (non-hydrogen) atoms. The number of oxazole rings is 1. The molecule has 0 saturated heterocycles. The monoisotopic (exact) mass is 411 g/mol. The van der Waals surface area contributed by atoms with Crippen molar-refractivity contribution in [3.05, 3.63) is 59.5 Å². The molecule has 1 aromatic heterocycles. The minimum absolute atomic E-state index is 0.266. The van der Waals surface area contributed by atoms with Crippen LogP contribution in [0.15, 0.2) is 45.7 Å². The Hall–Kier alpha value is -3.34. The number of nitrogens with one attached hydrogen (secondary N) is 1. The minimum Gasteiger partial charge on any atom is -0.419 e. The van der Waals surface area contributed by atoms with Crippen molar-refractivity contribution in [2.45, 2.75) is 4.90 Å². The zero-order valence-electron chi connectivity index (χ0n) is 14.2. The molecular weight excluding hydrogens is 399 g/mol. The maximum absolute atomic E-state index is 14.2. The first-order chi connectivity index (χ1) is 13.1. The molecule has 1 amide bonds. The summed E-state index contributed by atoms with van der Waals surface area (Å²) in [7, 11) is -3.64. The number of hydrogen-bond donors (Lipinski definition) is 2. The molecular formula is C17H12F3N3O4S. The molecule has 0 aliphatic heterocycles. The molecule has 0 aliphatic carbocycles. The van der Waals surface area contributed by atoms with Gasteiger partial charge in [0.25, 0.3) is 5.91 Å². The number of primary amides is 1. The molecule has 0 atom stereocenters. The minimum atomic E-state index is -3.64. The Morgan fingerprint density at radius 2 is 1.75 bits per heavy atom. The molecule has 3 rings (SSSR count). The Bertz CT molecular complexity index is 1170. The van der Waals surface area contributed by atoms with Crippen molar-refractivity contribution in [3.63, 3.8) is 0 Å². The zero-order valence-corrected chi connectivity index (χ0v) is 15.0. The maximum atomic E-state index is 14.2. The third-order valence-corrected chi connectivity index (χ3v) is 4.76. The molecule has 0 radical (unpaired) electrons. The van der Waals surface area contributed by atoms with Crippen LogP contribution in [0.25, 0.3) is 11.5 Å². The lowest BCUT2D eigenvalue weighted by Gasteiger charge is -2.07. The first kappa shape index (κ1) is 19.4. The van der Waals surface area contributed by atoms with Crippen LogP contribution in [-0.2, 0) is 9.84 Å². The highest BCUT2D eigenvalue weighted by molar-refractivity contribution is 7.90. The molecule has 7 nitrogen and oxygen atoms in total. The van der Waals surface area contributed by atoms with Crippen LogP contribution in [0.2, 0.25) is 0 Å². The van der Waals surface area contributed by atoms with Gasteiger partial charge in [0.15, 0.2) is 15.5 Å². The molecule has 0 unspecified atom stereocenters. The van der Waals surface area contributed by atoms with Crippen LogP contribution in [0.4, 0.5) is 24.7 Å². The predicted octanol–water partition coefficient (Wildman–Crippen LogP) is 3.00. The lowest BCUT2D eigenvalue weighted by molar-refractivity contribution is 0.0996. The van der Waals surface area contributed by atoms with E-state index in [1.54, 1.807) is 0 Å². The fraction of sp³-hybridized carbons (Fsp3) is 0.0588. The van der Waals surface area contributed by atoms with E-state index in [1.165, 1.54) is 0 Å². The molecule has 0 fully saturated rings. The summed E-state index contributed by atoms with van der Waals surface area (Å²) >= 11 is 0. The van der Waals surface area contributed by atoms with Crippen LogP contribution in [-0.4, -0.2) is 25.6 Å². The van der Waals surface area contributed by atoms with Gasteiger partial charge >= 0.3 is 0 Å². The van der Waals surface area contributed by atoms with E-state index >= 15 is 0 Å². The lowest BCUT2D eigenvalue weighted by Crippen LogP contribution is -2.13. The largest absolute Gasteiger partial charge is 0.419 e. The van der Waals surface area contributed by atoms with Gasteiger partial charge in [0.1, 0.15) is 23.0 Å². The van der Waals surface area contributed by atoms with Gasteiger partial charge in [-0.05, 0) is 30.3 Å². The quantitative estimate of drug-likeness (QED) is 0.667. The van der Waals surface area contributed by atoms with Crippen molar-refractivity contribution in [1.29, 1.82) is 0 Å². The van der Waals surface area contributed by atoms with E-state index in [2.05, 4.69) is 10.3 Å². The number of sulfone groups is 1. The van der Waals surface area contributed by atoms with Gasteiger partial charge in [0.2, 0.25) is 11.8 Å². The SMILES string of the molecule is CS(=O)(=O)c1ccc(Nc2oc(-c3c(F)cccc3F)nc2C(N)=O)c(F)c1. The molecule has 11 heteroatoms. The average Bonchev–Trinajstić information content (AvgIpc) is 2.99. The third-order valence-electron chi connectivity index (χ3n) is 3.65. The van der Waals surface area contributed by atoms with Crippen LogP contribution in [0.3, 0.4) is 0 Å². The molecule has 0 saturated carbocycles. The van der Waals surface area contributed by atoms with Crippen molar-refractivity contribution >= 4 is 27.3 Å². The van der Waals surface area contributed by atoms with Gasteiger partial charge in [0.05, 0.1) is 10.6 Å². The highest BCUT2D eigenvalue weighted by atomic mass is 32.2. The summed E-state index contributed by atoms with van der Waals surface area (Å²) in [5.74, 6) is -5.10. The lowest BCUT2D eigenvalue weighted by atomic mass is 10.2. The second kappa shape index (κ2) is 7.00. The third kappa shape index (κ3) is 3.69. The smallest absolute Gasteiger partial charge is 0.273 e. The van der Waals surface area contributed by atoms with Gasteiger partial charge in [-0.2, -0.15) is 0 Å². The molecule has 146 valence electrons. The Balaban J connectivity index is 2.06. The predicted molar refractivity (Wildman–Crippen MR) is 93.2 cm³/mol. The van der Waals surface area contributed by atoms with Gasteiger partial charge in [-0.25, -0.2) is 26.6 Å². The van der Waals surface area contributed by atoms with E-state index < -0.39 is 56.2 Å². The van der Waals surface area contributed by atoms with Crippen LogP contribution in [0.1, 0.15) is 10.5 Å². The second-order valence-corrected chi connectivity index (χ2v) is 7.71. The van der Waals surface area contributed by atoms with Crippen LogP contribution in [0.5, 0.6) is 0 Å². The van der Waals surface area contributed by atoms with Crippen LogP contribution < -0.4 is 11.1 Å². The summed E-state index contributed by atoms with van der Waals surface area (Å²) in [6.45, 7) is 0. The number of halogens is 3. The van der Waals surface area contributed by atoms with Crippen molar-refractivity contribution in [2.24, 2.45) is 5.73 Å². The van der Waals surface area contributed by atoms with E-state index in [4.69, 9.17) is 10.2 Å². The summed E-state index contributed by atoms with van der Waals surface area (Å²) in [6, 6.07) is 6.02. The number of aromatic nitrogens is 1. The van der Waals surface area contributed by atoms with Crippen LogP contribution >= 0.6 is 0 Å².